The summed E-state index contributed by atoms with van der Waals surface area (Å²) in [6.07, 6.45) is 5.98. The maximum Gasteiger partial charge on any atom is 0.257 e. The van der Waals surface area contributed by atoms with Gasteiger partial charge in [0, 0.05) is 19.5 Å². The first-order valence-corrected chi connectivity index (χ1v) is 12.9. The number of benzene rings is 3. The van der Waals surface area contributed by atoms with E-state index in [1.807, 2.05) is 66.7 Å². The average Bonchev–Trinajstić information content (AvgIpc) is 3.27. The lowest BCUT2D eigenvalue weighted by molar-refractivity contribution is -0.123. The number of rotatable bonds is 15. The van der Waals surface area contributed by atoms with Crippen molar-refractivity contribution < 1.29 is 14.3 Å². The summed E-state index contributed by atoms with van der Waals surface area (Å²) in [6, 6.07) is 27.7. The van der Waals surface area contributed by atoms with Gasteiger partial charge in [0.2, 0.25) is 0 Å². The molecule has 1 N–H and O–H groups in total. The van der Waals surface area contributed by atoms with Gasteiger partial charge in [0.15, 0.2) is 6.61 Å². The summed E-state index contributed by atoms with van der Waals surface area (Å²) >= 11 is 0. The van der Waals surface area contributed by atoms with Crippen molar-refractivity contribution in [2.75, 3.05) is 19.8 Å². The predicted molar refractivity (Wildman–Crippen MR) is 143 cm³/mol. The summed E-state index contributed by atoms with van der Waals surface area (Å²) in [5, 5.41) is 2.94. The highest BCUT2D eigenvalue weighted by Gasteiger charge is 2.10. The first-order chi connectivity index (χ1) is 17.8. The van der Waals surface area contributed by atoms with Crippen LogP contribution in [0.5, 0.6) is 11.5 Å². The number of unbranched alkanes of at least 4 members (excludes halogenated alkanes) is 3. The molecule has 3 aromatic carbocycles. The van der Waals surface area contributed by atoms with Crippen LogP contribution in [0.1, 0.15) is 37.9 Å². The van der Waals surface area contributed by atoms with Crippen LogP contribution in [0.2, 0.25) is 0 Å². The van der Waals surface area contributed by atoms with E-state index in [9.17, 15) is 4.79 Å². The second-order valence-electron chi connectivity index (χ2n) is 8.80. The molecule has 0 fully saturated rings. The number of nitrogens with zero attached hydrogens (tertiary/aromatic N) is 2. The van der Waals surface area contributed by atoms with Crippen molar-refractivity contribution in [3.05, 3.63) is 90.8 Å². The molecule has 0 aliphatic rings. The Morgan fingerprint density at radius 3 is 2.22 bits per heavy atom. The van der Waals surface area contributed by atoms with Crippen molar-refractivity contribution in [1.29, 1.82) is 0 Å². The SMILES string of the molecule is O=C(COc1ccccc1)NCCCCCc1nc2ccccc2n1CCCCOc1ccccc1. The van der Waals surface area contributed by atoms with Gasteiger partial charge in [0.25, 0.3) is 5.91 Å². The summed E-state index contributed by atoms with van der Waals surface area (Å²) in [5.74, 6) is 2.68. The van der Waals surface area contributed by atoms with E-state index in [1.165, 1.54) is 5.52 Å². The van der Waals surface area contributed by atoms with E-state index < -0.39 is 0 Å². The number of nitrogens with one attached hydrogen (secondary N) is 1. The maximum atomic E-state index is 12.0. The van der Waals surface area contributed by atoms with Crippen molar-refractivity contribution in [1.82, 2.24) is 14.9 Å². The Bertz CT molecular complexity index is 1190. The summed E-state index contributed by atoms with van der Waals surface area (Å²) in [6.45, 7) is 2.36. The third-order valence-electron chi connectivity index (χ3n) is 6.03. The third-order valence-corrected chi connectivity index (χ3v) is 6.03. The van der Waals surface area contributed by atoms with Crippen molar-refractivity contribution in [3.63, 3.8) is 0 Å². The molecule has 0 aliphatic carbocycles. The van der Waals surface area contributed by atoms with Crippen molar-refractivity contribution in [2.45, 2.75) is 45.1 Å². The predicted octanol–water partition coefficient (Wildman–Crippen LogP) is 5.80. The summed E-state index contributed by atoms with van der Waals surface area (Å²) in [4.78, 5) is 16.9. The molecule has 0 radical (unpaired) electrons. The minimum atomic E-state index is -0.0862. The zero-order valence-electron chi connectivity index (χ0n) is 20.8. The number of carbonyl (C=O) groups excluding carboxylic acids is 1. The Morgan fingerprint density at radius 1 is 0.750 bits per heavy atom. The Kier molecular flexibility index (Phi) is 9.79. The van der Waals surface area contributed by atoms with E-state index in [0.29, 0.717) is 18.9 Å². The number of fused-ring (bicyclic) bond motifs is 1. The molecule has 6 nitrogen and oxygen atoms in total. The largest absolute Gasteiger partial charge is 0.494 e. The van der Waals surface area contributed by atoms with E-state index in [0.717, 1.165) is 62.2 Å². The van der Waals surface area contributed by atoms with E-state index in [2.05, 4.69) is 28.1 Å². The molecule has 1 heterocycles. The second-order valence-corrected chi connectivity index (χ2v) is 8.80. The lowest BCUT2D eigenvalue weighted by atomic mass is 10.2. The Morgan fingerprint density at radius 2 is 1.44 bits per heavy atom. The third kappa shape index (κ3) is 7.87. The molecular formula is C30H35N3O3. The first kappa shape index (κ1) is 25.3. The van der Waals surface area contributed by atoms with Crippen LogP contribution in [0.25, 0.3) is 11.0 Å². The molecule has 0 saturated carbocycles. The average molecular weight is 486 g/mol. The van der Waals surface area contributed by atoms with E-state index in [4.69, 9.17) is 14.5 Å². The van der Waals surface area contributed by atoms with Crippen LogP contribution < -0.4 is 14.8 Å². The van der Waals surface area contributed by atoms with Crippen LogP contribution in [-0.4, -0.2) is 35.2 Å². The molecule has 6 heteroatoms. The molecule has 1 aromatic heterocycles. The van der Waals surface area contributed by atoms with Gasteiger partial charge in [0.1, 0.15) is 17.3 Å². The highest BCUT2D eigenvalue weighted by Crippen LogP contribution is 2.19. The van der Waals surface area contributed by atoms with E-state index >= 15 is 0 Å². The number of aryl methyl sites for hydroxylation is 2. The highest BCUT2D eigenvalue weighted by atomic mass is 16.5. The van der Waals surface area contributed by atoms with Crippen LogP contribution in [0, 0.1) is 0 Å². The molecule has 36 heavy (non-hydrogen) atoms. The molecule has 4 rings (SSSR count). The van der Waals surface area contributed by atoms with Crippen molar-refractivity contribution >= 4 is 16.9 Å². The van der Waals surface area contributed by atoms with Crippen LogP contribution in [0.15, 0.2) is 84.9 Å². The number of hydrogen-bond acceptors (Lipinski definition) is 4. The van der Waals surface area contributed by atoms with Gasteiger partial charge in [-0.1, -0.05) is 55.0 Å². The van der Waals surface area contributed by atoms with Crippen molar-refractivity contribution in [2.24, 2.45) is 0 Å². The fourth-order valence-electron chi connectivity index (χ4n) is 4.17. The number of imidazole rings is 1. The van der Waals surface area contributed by atoms with Gasteiger partial charge in [-0.15, -0.1) is 0 Å². The number of para-hydroxylation sites is 4. The highest BCUT2D eigenvalue weighted by molar-refractivity contribution is 5.77. The van der Waals surface area contributed by atoms with Gasteiger partial charge in [-0.25, -0.2) is 4.98 Å². The molecule has 0 unspecified atom stereocenters. The number of amides is 1. The molecule has 1 amide bonds. The van der Waals surface area contributed by atoms with Gasteiger partial charge < -0.3 is 19.4 Å². The number of hydrogen-bond donors (Lipinski definition) is 1. The zero-order chi connectivity index (χ0) is 24.8. The minimum Gasteiger partial charge on any atom is -0.494 e. The molecule has 188 valence electrons. The quantitative estimate of drug-likeness (QED) is 0.216. The first-order valence-electron chi connectivity index (χ1n) is 12.9. The van der Waals surface area contributed by atoms with Crippen LogP contribution in [0.3, 0.4) is 0 Å². The summed E-state index contributed by atoms with van der Waals surface area (Å²) in [7, 11) is 0. The second kappa shape index (κ2) is 13.9. The Balaban J connectivity index is 1.16. The van der Waals surface area contributed by atoms with Gasteiger partial charge in [-0.05, 0) is 62.1 Å². The van der Waals surface area contributed by atoms with Gasteiger partial charge >= 0.3 is 0 Å². The molecule has 4 aromatic rings. The smallest absolute Gasteiger partial charge is 0.257 e. The number of carbonyl (C=O) groups is 1. The number of aromatic nitrogens is 2. The van der Waals surface area contributed by atoms with Crippen LogP contribution in [-0.2, 0) is 17.8 Å². The fraction of sp³-hybridized carbons (Fsp3) is 0.333. The van der Waals surface area contributed by atoms with Gasteiger partial charge in [0.05, 0.1) is 17.6 Å². The molecular weight excluding hydrogens is 450 g/mol. The normalized spacial score (nSPS) is 10.9. The fourth-order valence-corrected chi connectivity index (χ4v) is 4.17. The topological polar surface area (TPSA) is 65.4 Å². The molecule has 0 saturated heterocycles. The van der Waals surface area contributed by atoms with E-state index in [1.54, 1.807) is 0 Å². The lowest BCUT2D eigenvalue weighted by Gasteiger charge is -2.10. The maximum absolute atomic E-state index is 12.0. The molecule has 0 aliphatic heterocycles. The van der Waals surface area contributed by atoms with E-state index in [-0.39, 0.29) is 12.5 Å². The van der Waals surface area contributed by atoms with Crippen molar-refractivity contribution in [3.8, 4) is 11.5 Å². The molecule has 0 atom stereocenters. The summed E-state index contributed by atoms with van der Waals surface area (Å²) in [5.41, 5.74) is 2.25. The van der Waals surface area contributed by atoms with Crippen LogP contribution >= 0.6 is 0 Å². The Labute approximate surface area is 213 Å². The number of ether oxygens (including phenoxy) is 2. The standard InChI is InChI=1S/C30H35N3O3/c34-30(24-36-26-16-6-2-7-17-26)31-21-11-3-8-20-29-32-27-18-9-10-19-28(27)33(29)22-12-13-23-35-25-14-4-1-5-15-25/h1-2,4-7,9-10,14-19H,3,8,11-13,20-24H2,(H,31,34). The zero-order valence-corrected chi connectivity index (χ0v) is 20.8. The minimum absolute atomic E-state index is 0.0461. The molecule has 0 bridgehead atoms. The Hall–Kier alpha value is -3.80. The monoisotopic (exact) mass is 485 g/mol. The summed E-state index contributed by atoms with van der Waals surface area (Å²) < 4.78 is 13.7. The van der Waals surface area contributed by atoms with Gasteiger partial charge in [-0.3, -0.25) is 4.79 Å². The van der Waals surface area contributed by atoms with Crippen LogP contribution in [0.4, 0.5) is 0 Å². The molecule has 0 spiro atoms. The van der Waals surface area contributed by atoms with Gasteiger partial charge in [-0.2, -0.15) is 0 Å². The lowest BCUT2D eigenvalue weighted by Crippen LogP contribution is -2.29.